The van der Waals surface area contributed by atoms with Crippen molar-refractivity contribution in [2.45, 2.75) is 50.1 Å². The highest BCUT2D eigenvalue weighted by Crippen LogP contribution is 2.34. The van der Waals surface area contributed by atoms with Crippen molar-refractivity contribution in [3.8, 4) is 16.9 Å². The third-order valence-corrected chi connectivity index (χ3v) is 5.91. The van der Waals surface area contributed by atoms with Gasteiger partial charge in [-0.3, -0.25) is 4.79 Å². The zero-order valence-electron chi connectivity index (χ0n) is 19.2. The van der Waals surface area contributed by atoms with Crippen molar-refractivity contribution < 1.29 is 49.7 Å². The molecule has 11 nitrogen and oxygen atoms in total. The van der Waals surface area contributed by atoms with Gasteiger partial charge in [0.25, 0.3) is 5.91 Å². The number of aliphatic hydroxyl groups is 5. The van der Waals surface area contributed by atoms with Crippen LogP contribution in [-0.2, 0) is 9.53 Å². The number of amides is 1. The lowest BCUT2D eigenvalue weighted by molar-refractivity contribution is -0.314. The molecule has 35 heavy (non-hydrogen) atoms. The van der Waals surface area contributed by atoms with Crippen molar-refractivity contribution in [1.29, 1.82) is 0 Å². The van der Waals surface area contributed by atoms with E-state index in [-0.39, 0.29) is 5.56 Å². The van der Waals surface area contributed by atoms with Gasteiger partial charge in [-0.2, -0.15) is 0 Å². The first-order chi connectivity index (χ1) is 16.5. The number of hydrogen-bond acceptors (Lipinski definition) is 9. The maximum atomic E-state index is 12.4. The summed E-state index contributed by atoms with van der Waals surface area (Å²) in [5, 5.41) is 60.7. The Morgan fingerprint density at radius 2 is 1.83 bits per heavy atom. The summed E-state index contributed by atoms with van der Waals surface area (Å²) in [7, 11) is 0. The minimum absolute atomic E-state index is 0.203. The highest BCUT2D eigenvalue weighted by Gasteiger charge is 2.53. The van der Waals surface area contributed by atoms with Crippen LogP contribution in [0.4, 0.5) is 0 Å². The van der Waals surface area contributed by atoms with Crippen LogP contribution in [0.25, 0.3) is 11.1 Å². The molecular formula is C24H29NO10. The van der Waals surface area contributed by atoms with E-state index in [1.165, 1.54) is 13.0 Å². The molecule has 2 aromatic rings. The first kappa shape index (κ1) is 26.5. The van der Waals surface area contributed by atoms with Crippen LogP contribution in [0.1, 0.15) is 22.8 Å². The first-order valence-corrected chi connectivity index (χ1v) is 10.9. The smallest absolute Gasteiger partial charge is 0.328 e. The van der Waals surface area contributed by atoms with E-state index in [2.05, 4.69) is 5.32 Å². The summed E-state index contributed by atoms with van der Waals surface area (Å²) in [6.45, 7) is 1.67. The van der Waals surface area contributed by atoms with E-state index in [4.69, 9.17) is 19.7 Å². The Bertz CT molecular complexity index is 1070. The van der Waals surface area contributed by atoms with E-state index in [1.807, 2.05) is 0 Å². The van der Waals surface area contributed by atoms with E-state index in [1.54, 1.807) is 43.3 Å². The predicted molar refractivity (Wildman–Crippen MR) is 122 cm³/mol. The quantitative estimate of drug-likeness (QED) is 0.252. The highest BCUT2D eigenvalue weighted by molar-refractivity contribution is 5.97. The standard InChI is InChI=1S/C24H29NO10/c1-12-8-14(13-4-3-5-15(9-13)21(30)25-16(10-26)22(31)32)6-7-17(12)34-23-24(2,33)20(29)19(28)18(11-27)35-23/h3-9,16,18-20,23,26-29,33H,10-11H2,1-2H3,(H,25,30)(H,31,32). The summed E-state index contributed by atoms with van der Waals surface area (Å²) in [4.78, 5) is 23.5. The number of carbonyl (C=O) groups excluding carboxylic acids is 1. The summed E-state index contributed by atoms with van der Waals surface area (Å²) < 4.78 is 11.3. The van der Waals surface area contributed by atoms with Crippen molar-refractivity contribution in [3.05, 3.63) is 53.6 Å². The van der Waals surface area contributed by atoms with E-state index in [0.717, 1.165) is 0 Å². The number of carboxylic acid groups (broad SMARTS) is 1. The zero-order valence-corrected chi connectivity index (χ0v) is 19.2. The van der Waals surface area contributed by atoms with Crippen LogP contribution in [0.5, 0.6) is 5.75 Å². The molecule has 0 aromatic heterocycles. The van der Waals surface area contributed by atoms with Gasteiger partial charge in [-0.25, -0.2) is 4.79 Å². The Morgan fingerprint density at radius 3 is 2.43 bits per heavy atom. The first-order valence-electron chi connectivity index (χ1n) is 10.9. The fourth-order valence-electron chi connectivity index (χ4n) is 3.71. The molecule has 1 heterocycles. The summed E-state index contributed by atoms with van der Waals surface area (Å²) in [6, 6.07) is 10.1. The van der Waals surface area contributed by atoms with Gasteiger partial charge in [-0.05, 0) is 54.8 Å². The van der Waals surface area contributed by atoms with Crippen LogP contribution in [0.2, 0.25) is 0 Å². The fraction of sp³-hybridized carbons (Fsp3) is 0.417. The SMILES string of the molecule is Cc1cc(-c2cccc(C(=O)NC(CO)C(=O)O)c2)ccc1OC1OC(CO)C(O)C(O)C1(C)O. The molecule has 0 bridgehead atoms. The lowest BCUT2D eigenvalue weighted by atomic mass is 9.88. The second kappa shape index (κ2) is 10.7. The molecule has 0 aliphatic carbocycles. The molecule has 190 valence electrons. The van der Waals surface area contributed by atoms with Gasteiger partial charge in [0.1, 0.15) is 24.1 Å². The maximum Gasteiger partial charge on any atom is 0.328 e. The van der Waals surface area contributed by atoms with Crippen LogP contribution in [0.3, 0.4) is 0 Å². The van der Waals surface area contributed by atoms with E-state index < -0.39 is 61.3 Å². The number of aliphatic hydroxyl groups excluding tert-OH is 4. The van der Waals surface area contributed by atoms with Crippen molar-refractivity contribution in [2.75, 3.05) is 13.2 Å². The Morgan fingerprint density at radius 1 is 1.14 bits per heavy atom. The molecule has 1 saturated heterocycles. The molecule has 1 aliphatic rings. The molecule has 1 aliphatic heterocycles. The average Bonchev–Trinajstić information content (AvgIpc) is 2.83. The Balaban J connectivity index is 1.80. The van der Waals surface area contributed by atoms with Gasteiger partial charge in [-0.15, -0.1) is 0 Å². The number of carbonyl (C=O) groups is 2. The summed E-state index contributed by atoms with van der Waals surface area (Å²) >= 11 is 0. The van der Waals surface area contributed by atoms with Gasteiger partial charge >= 0.3 is 5.97 Å². The van der Waals surface area contributed by atoms with Crippen LogP contribution < -0.4 is 10.1 Å². The summed E-state index contributed by atoms with van der Waals surface area (Å²) in [5.74, 6) is -1.68. The number of rotatable bonds is 8. The molecule has 0 spiro atoms. The van der Waals surface area contributed by atoms with Crippen LogP contribution in [0.15, 0.2) is 42.5 Å². The van der Waals surface area contributed by atoms with Crippen LogP contribution in [0, 0.1) is 6.92 Å². The van der Waals surface area contributed by atoms with Crippen molar-refractivity contribution in [1.82, 2.24) is 5.32 Å². The van der Waals surface area contributed by atoms with Gasteiger partial charge in [-0.1, -0.05) is 18.2 Å². The summed E-state index contributed by atoms with van der Waals surface area (Å²) in [5.41, 5.74) is 0.239. The number of hydrogen-bond donors (Lipinski definition) is 7. The Kier molecular flexibility index (Phi) is 8.11. The number of aryl methyl sites for hydroxylation is 1. The van der Waals surface area contributed by atoms with Crippen molar-refractivity contribution in [2.24, 2.45) is 0 Å². The lowest BCUT2D eigenvalue weighted by Gasteiger charge is -2.45. The maximum absolute atomic E-state index is 12.4. The molecular weight excluding hydrogens is 462 g/mol. The molecule has 0 saturated carbocycles. The van der Waals surface area contributed by atoms with Crippen molar-refractivity contribution in [3.63, 3.8) is 0 Å². The molecule has 1 amide bonds. The van der Waals surface area contributed by atoms with Crippen LogP contribution in [-0.4, -0.2) is 92.0 Å². The number of benzene rings is 2. The van der Waals surface area contributed by atoms with Crippen molar-refractivity contribution >= 4 is 11.9 Å². The van der Waals surface area contributed by atoms with Gasteiger partial charge < -0.3 is 45.4 Å². The second-order valence-corrected chi connectivity index (χ2v) is 8.58. The molecule has 11 heteroatoms. The topological polar surface area (TPSA) is 186 Å². The molecule has 6 atom stereocenters. The fourth-order valence-corrected chi connectivity index (χ4v) is 3.71. The van der Waals surface area contributed by atoms with Gasteiger partial charge in [0.05, 0.1) is 13.2 Å². The largest absolute Gasteiger partial charge is 0.480 e. The zero-order chi connectivity index (χ0) is 25.9. The number of carboxylic acids is 1. The van der Waals surface area contributed by atoms with E-state index in [9.17, 15) is 30.0 Å². The number of aliphatic carboxylic acids is 1. The normalized spacial score (nSPS) is 27.2. The third kappa shape index (κ3) is 5.61. The number of nitrogens with one attached hydrogen (secondary N) is 1. The molecule has 1 fully saturated rings. The van der Waals surface area contributed by atoms with Gasteiger partial charge in [0.15, 0.2) is 11.6 Å². The Hall–Kier alpha value is -3.06. The minimum atomic E-state index is -1.96. The monoisotopic (exact) mass is 491 g/mol. The second-order valence-electron chi connectivity index (χ2n) is 8.58. The molecule has 2 aromatic carbocycles. The average molecular weight is 491 g/mol. The minimum Gasteiger partial charge on any atom is -0.480 e. The Labute approximate surface area is 201 Å². The molecule has 0 radical (unpaired) electrons. The van der Waals surface area contributed by atoms with E-state index in [0.29, 0.717) is 22.4 Å². The molecule has 7 N–H and O–H groups in total. The number of ether oxygens (including phenoxy) is 2. The van der Waals surface area contributed by atoms with Gasteiger partial charge in [0, 0.05) is 5.56 Å². The highest BCUT2D eigenvalue weighted by atomic mass is 16.7. The predicted octanol–water partition coefficient (Wildman–Crippen LogP) is -0.594. The third-order valence-electron chi connectivity index (χ3n) is 5.91. The van der Waals surface area contributed by atoms with Crippen LogP contribution >= 0.6 is 0 Å². The summed E-state index contributed by atoms with van der Waals surface area (Å²) in [6.07, 6.45) is -5.62. The molecule has 6 unspecified atom stereocenters. The lowest BCUT2D eigenvalue weighted by Crippen LogP contribution is -2.66. The van der Waals surface area contributed by atoms with Gasteiger partial charge in [0.2, 0.25) is 6.29 Å². The van der Waals surface area contributed by atoms with E-state index >= 15 is 0 Å². The molecule has 3 rings (SSSR count).